The van der Waals surface area contributed by atoms with E-state index in [9.17, 15) is 19.5 Å². The van der Waals surface area contributed by atoms with Gasteiger partial charge in [0.25, 0.3) is 5.91 Å². The monoisotopic (exact) mass is 362 g/mol. The summed E-state index contributed by atoms with van der Waals surface area (Å²) < 4.78 is 5.39. The Labute approximate surface area is 153 Å². The fourth-order valence-electron chi connectivity index (χ4n) is 3.01. The number of aromatic carboxylic acids is 1. The van der Waals surface area contributed by atoms with Gasteiger partial charge in [-0.15, -0.1) is 0 Å². The van der Waals surface area contributed by atoms with Crippen LogP contribution < -0.4 is 5.32 Å². The molecule has 1 heterocycles. The molecule has 1 aromatic rings. The van der Waals surface area contributed by atoms with Crippen LogP contribution in [0.15, 0.2) is 18.2 Å². The second kappa shape index (κ2) is 7.76. The van der Waals surface area contributed by atoms with Crippen molar-refractivity contribution < 1.29 is 24.2 Å². The van der Waals surface area contributed by atoms with E-state index in [1.165, 1.54) is 13.1 Å². The molecule has 0 spiro atoms. The largest absolute Gasteiger partial charge is 0.478 e. The molecule has 0 aliphatic carbocycles. The van der Waals surface area contributed by atoms with E-state index in [2.05, 4.69) is 5.32 Å². The average molecular weight is 362 g/mol. The first kappa shape index (κ1) is 19.8. The van der Waals surface area contributed by atoms with Gasteiger partial charge in [0.15, 0.2) is 0 Å². The average Bonchev–Trinajstić information content (AvgIpc) is 2.59. The molecule has 1 aliphatic heterocycles. The summed E-state index contributed by atoms with van der Waals surface area (Å²) in [5, 5.41) is 11.8. The van der Waals surface area contributed by atoms with Gasteiger partial charge in [-0.05, 0) is 63.3 Å². The standard InChI is InChI=1S/C19H26N2O5/c1-19(2,3)26-18(25)21-7-5-12(6-8-21)13-9-14(16(22)20-4)11-15(10-13)17(23)24/h9-12H,5-8H2,1-4H3,(H,20,22)(H,23,24). The van der Waals surface area contributed by atoms with Gasteiger partial charge in [-0.1, -0.05) is 0 Å². The Morgan fingerprint density at radius 3 is 2.19 bits per heavy atom. The van der Waals surface area contributed by atoms with E-state index in [4.69, 9.17) is 4.74 Å². The predicted molar refractivity (Wildman–Crippen MR) is 96.6 cm³/mol. The number of carboxylic acids is 1. The summed E-state index contributed by atoms with van der Waals surface area (Å²) in [6, 6.07) is 4.72. The number of nitrogens with zero attached hydrogens (tertiary/aromatic N) is 1. The first-order chi connectivity index (χ1) is 12.1. The molecule has 1 fully saturated rings. The first-order valence-corrected chi connectivity index (χ1v) is 8.69. The topological polar surface area (TPSA) is 95.9 Å². The second-order valence-corrected chi connectivity index (χ2v) is 7.47. The Kier molecular flexibility index (Phi) is 5.90. The lowest BCUT2D eigenvalue weighted by Gasteiger charge is -2.33. The van der Waals surface area contributed by atoms with E-state index >= 15 is 0 Å². The molecule has 0 atom stereocenters. The van der Waals surface area contributed by atoms with E-state index < -0.39 is 11.6 Å². The molecule has 7 nitrogen and oxygen atoms in total. The highest BCUT2D eigenvalue weighted by atomic mass is 16.6. The van der Waals surface area contributed by atoms with Crippen LogP contribution in [0.25, 0.3) is 0 Å². The maximum absolute atomic E-state index is 12.2. The normalized spacial score (nSPS) is 15.5. The van der Waals surface area contributed by atoms with Crippen LogP contribution in [-0.2, 0) is 4.74 Å². The molecule has 2 N–H and O–H groups in total. The van der Waals surface area contributed by atoms with E-state index in [0.717, 1.165) is 5.56 Å². The van der Waals surface area contributed by atoms with Crippen molar-refractivity contribution in [3.63, 3.8) is 0 Å². The number of amides is 2. The summed E-state index contributed by atoms with van der Waals surface area (Å²) in [4.78, 5) is 37.1. The van der Waals surface area contributed by atoms with Gasteiger partial charge in [0.05, 0.1) is 5.56 Å². The Hall–Kier alpha value is -2.57. The number of ether oxygens (including phenoxy) is 1. The smallest absolute Gasteiger partial charge is 0.410 e. The van der Waals surface area contributed by atoms with E-state index in [-0.39, 0.29) is 23.5 Å². The van der Waals surface area contributed by atoms with Gasteiger partial charge in [-0.3, -0.25) is 4.79 Å². The van der Waals surface area contributed by atoms with Gasteiger partial charge in [0.1, 0.15) is 5.60 Å². The van der Waals surface area contributed by atoms with Gasteiger partial charge in [0.2, 0.25) is 0 Å². The van der Waals surface area contributed by atoms with Crippen molar-refractivity contribution in [2.45, 2.75) is 45.1 Å². The maximum atomic E-state index is 12.2. The molecule has 1 aliphatic rings. The SMILES string of the molecule is CNC(=O)c1cc(C(=O)O)cc(C2CCN(C(=O)OC(C)(C)C)CC2)c1. The fraction of sp³-hybridized carbons (Fsp3) is 0.526. The minimum Gasteiger partial charge on any atom is -0.478 e. The molecule has 0 aromatic heterocycles. The number of carboxylic acid groups (broad SMARTS) is 1. The van der Waals surface area contributed by atoms with Crippen molar-refractivity contribution in [1.82, 2.24) is 10.2 Å². The summed E-state index contributed by atoms with van der Waals surface area (Å²) in [5.41, 5.74) is 0.701. The maximum Gasteiger partial charge on any atom is 0.410 e. The molecular weight excluding hydrogens is 336 g/mol. The number of nitrogens with one attached hydrogen (secondary N) is 1. The first-order valence-electron chi connectivity index (χ1n) is 8.69. The molecule has 0 bridgehead atoms. The summed E-state index contributed by atoms with van der Waals surface area (Å²) in [7, 11) is 1.51. The fourth-order valence-corrected chi connectivity index (χ4v) is 3.01. The number of piperidine rings is 1. The second-order valence-electron chi connectivity index (χ2n) is 7.47. The highest BCUT2D eigenvalue weighted by Gasteiger charge is 2.28. The summed E-state index contributed by atoms with van der Waals surface area (Å²) in [5.74, 6) is -1.29. The lowest BCUT2D eigenvalue weighted by Crippen LogP contribution is -2.41. The molecule has 2 amide bonds. The van der Waals surface area contributed by atoms with Crippen LogP contribution >= 0.6 is 0 Å². The van der Waals surface area contributed by atoms with Crippen LogP contribution in [0.5, 0.6) is 0 Å². The van der Waals surface area contributed by atoms with E-state index in [1.54, 1.807) is 17.0 Å². The Morgan fingerprint density at radius 2 is 1.69 bits per heavy atom. The number of hydrogen-bond donors (Lipinski definition) is 2. The van der Waals surface area contributed by atoms with Crippen LogP contribution in [0.1, 0.15) is 65.8 Å². The van der Waals surface area contributed by atoms with Crippen LogP contribution in [0, 0.1) is 0 Å². The van der Waals surface area contributed by atoms with Crippen molar-refractivity contribution in [2.24, 2.45) is 0 Å². The van der Waals surface area contributed by atoms with Gasteiger partial charge in [0, 0.05) is 25.7 Å². The van der Waals surface area contributed by atoms with Gasteiger partial charge >= 0.3 is 12.1 Å². The van der Waals surface area contributed by atoms with Crippen LogP contribution in [0.2, 0.25) is 0 Å². The van der Waals surface area contributed by atoms with Crippen molar-refractivity contribution in [1.29, 1.82) is 0 Å². The van der Waals surface area contributed by atoms with Crippen LogP contribution in [0.4, 0.5) is 4.79 Å². The van der Waals surface area contributed by atoms with Crippen molar-refractivity contribution in [2.75, 3.05) is 20.1 Å². The Morgan fingerprint density at radius 1 is 1.12 bits per heavy atom. The third-order valence-electron chi connectivity index (χ3n) is 4.31. The van der Waals surface area contributed by atoms with Gasteiger partial charge < -0.3 is 20.1 Å². The van der Waals surface area contributed by atoms with Crippen LogP contribution in [0.3, 0.4) is 0 Å². The lowest BCUT2D eigenvalue weighted by molar-refractivity contribution is 0.0204. The molecule has 142 valence electrons. The minimum absolute atomic E-state index is 0.0932. The summed E-state index contributed by atoms with van der Waals surface area (Å²) in [6.07, 6.45) is 1.05. The van der Waals surface area contributed by atoms with Crippen molar-refractivity contribution in [3.8, 4) is 0 Å². The molecule has 2 rings (SSSR count). The van der Waals surface area contributed by atoms with Crippen molar-refractivity contribution in [3.05, 3.63) is 34.9 Å². The molecule has 1 saturated heterocycles. The highest BCUT2D eigenvalue weighted by Crippen LogP contribution is 2.30. The summed E-state index contributed by atoms with van der Waals surface area (Å²) >= 11 is 0. The Balaban J connectivity index is 2.13. The van der Waals surface area contributed by atoms with E-state index in [0.29, 0.717) is 31.5 Å². The third-order valence-corrected chi connectivity index (χ3v) is 4.31. The zero-order valence-corrected chi connectivity index (χ0v) is 15.7. The van der Waals surface area contributed by atoms with E-state index in [1.807, 2.05) is 20.8 Å². The van der Waals surface area contributed by atoms with Gasteiger partial charge in [-0.25, -0.2) is 9.59 Å². The molecule has 0 unspecified atom stereocenters. The minimum atomic E-state index is -1.07. The molecule has 26 heavy (non-hydrogen) atoms. The zero-order chi connectivity index (χ0) is 19.5. The number of likely N-dealkylation sites (tertiary alicyclic amines) is 1. The Bertz CT molecular complexity index is 700. The number of hydrogen-bond acceptors (Lipinski definition) is 4. The highest BCUT2D eigenvalue weighted by molar-refractivity contribution is 5.97. The van der Waals surface area contributed by atoms with Crippen molar-refractivity contribution >= 4 is 18.0 Å². The zero-order valence-electron chi connectivity index (χ0n) is 15.7. The molecule has 0 radical (unpaired) electrons. The molecule has 7 heteroatoms. The number of benzene rings is 1. The summed E-state index contributed by atoms with van der Waals surface area (Å²) in [6.45, 7) is 6.55. The molecular formula is C19H26N2O5. The third kappa shape index (κ3) is 4.97. The molecule has 0 saturated carbocycles. The number of rotatable bonds is 3. The quantitative estimate of drug-likeness (QED) is 0.862. The predicted octanol–water partition coefficient (Wildman–Crippen LogP) is 2.86. The van der Waals surface area contributed by atoms with Crippen LogP contribution in [-0.4, -0.2) is 53.7 Å². The van der Waals surface area contributed by atoms with Gasteiger partial charge in [-0.2, -0.15) is 0 Å². The molecule has 1 aromatic carbocycles. The number of carbonyl (C=O) groups is 3. The lowest BCUT2D eigenvalue weighted by atomic mass is 9.87. The number of carbonyl (C=O) groups excluding carboxylic acids is 2.